The number of carbonyl (C=O) groups excluding carboxylic acids is 1. The van der Waals surface area contributed by atoms with Crippen molar-refractivity contribution in [3.63, 3.8) is 0 Å². The maximum absolute atomic E-state index is 13.1. The van der Waals surface area contributed by atoms with Crippen molar-refractivity contribution in [3.05, 3.63) is 59.7 Å². The van der Waals surface area contributed by atoms with Crippen LogP contribution in [0.25, 0.3) is 11.0 Å². The third-order valence-electron chi connectivity index (χ3n) is 3.06. The molecule has 6 heteroatoms. The first-order chi connectivity index (χ1) is 10.1. The number of amides is 1. The van der Waals surface area contributed by atoms with Gasteiger partial charge in [0.25, 0.3) is 5.91 Å². The van der Waals surface area contributed by atoms with E-state index in [1.165, 1.54) is 0 Å². The van der Waals surface area contributed by atoms with E-state index >= 15 is 0 Å². The van der Waals surface area contributed by atoms with Gasteiger partial charge in [0.05, 0.1) is 23.1 Å². The van der Waals surface area contributed by atoms with E-state index in [1.54, 1.807) is 0 Å². The van der Waals surface area contributed by atoms with Gasteiger partial charge in [-0.3, -0.25) is 4.79 Å². The largest absolute Gasteiger partial charge is 0.507 e. The summed E-state index contributed by atoms with van der Waals surface area (Å²) in [4.78, 5) is 19.3. The molecule has 0 unspecified atom stereocenters. The minimum Gasteiger partial charge on any atom is -0.507 e. The van der Waals surface area contributed by atoms with Gasteiger partial charge in [-0.25, -0.2) is 9.37 Å². The standard InChI is InChI=1S/C15H12FN3O2/c16-9-5-6-13(20)10(7-9)15(21)17-8-14-18-11-3-1-2-4-12(11)19-14/h1-7,20H,8H2,(H,17,21)(H,18,19). The number of nitrogens with one attached hydrogen (secondary N) is 2. The van der Waals surface area contributed by atoms with Crippen LogP contribution in [0.4, 0.5) is 4.39 Å². The summed E-state index contributed by atoms with van der Waals surface area (Å²) in [6.45, 7) is 0.156. The van der Waals surface area contributed by atoms with Crippen LogP contribution in [0, 0.1) is 5.82 Å². The number of fused-ring (bicyclic) bond motifs is 1. The smallest absolute Gasteiger partial charge is 0.255 e. The SMILES string of the molecule is O=C(NCc1nc2ccccc2[nH]1)c1cc(F)ccc1O. The molecule has 5 nitrogen and oxygen atoms in total. The second-order valence-corrected chi connectivity index (χ2v) is 4.54. The van der Waals surface area contributed by atoms with Crippen LogP contribution in [0.15, 0.2) is 42.5 Å². The topological polar surface area (TPSA) is 78.0 Å². The number of hydrogen-bond donors (Lipinski definition) is 3. The van der Waals surface area contributed by atoms with E-state index in [0.29, 0.717) is 5.82 Å². The molecule has 0 saturated heterocycles. The van der Waals surface area contributed by atoms with Crippen LogP contribution in [-0.4, -0.2) is 21.0 Å². The second kappa shape index (κ2) is 5.24. The molecule has 0 saturated carbocycles. The van der Waals surface area contributed by atoms with E-state index in [4.69, 9.17) is 0 Å². The molecule has 0 spiro atoms. The van der Waals surface area contributed by atoms with Crippen molar-refractivity contribution in [3.8, 4) is 5.75 Å². The number of aromatic nitrogens is 2. The van der Waals surface area contributed by atoms with Crippen LogP contribution >= 0.6 is 0 Å². The fraction of sp³-hybridized carbons (Fsp3) is 0.0667. The first kappa shape index (κ1) is 13.1. The molecule has 0 atom stereocenters. The summed E-state index contributed by atoms with van der Waals surface area (Å²) in [5, 5.41) is 12.2. The average molecular weight is 285 g/mol. The van der Waals surface area contributed by atoms with E-state index in [9.17, 15) is 14.3 Å². The molecule has 0 fully saturated rings. The quantitative estimate of drug-likeness (QED) is 0.691. The highest BCUT2D eigenvalue weighted by Gasteiger charge is 2.12. The number of halogens is 1. The highest BCUT2D eigenvalue weighted by atomic mass is 19.1. The number of phenols is 1. The Kier molecular flexibility index (Phi) is 3.27. The van der Waals surface area contributed by atoms with Gasteiger partial charge in [0.1, 0.15) is 17.4 Å². The van der Waals surface area contributed by atoms with Gasteiger partial charge in [-0.05, 0) is 30.3 Å². The highest BCUT2D eigenvalue weighted by molar-refractivity contribution is 5.96. The maximum atomic E-state index is 13.1. The van der Waals surface area contributed by atoms with Gasteiger partial charge in [0.15, 0.2) is 0 Å². The van der Waals surface area contributed by atoms with Crippen molar-refractivity contribution in [1.29, 1.82) is 0 Å². The molecular formula is C15H12FN3O2. The molecule has 1 heterocycles. The van der Waals surface area contributed by atoms with Crippen LogP contribution in [0.5, 0.6) is 5.75 Å². The summed E-state index contributed by atoms with van der Waals surface area (Å²) in [6, 6.07) is 10.7. The molecule has 3 aromatic rings. The van der Waals surface area contributed by atoms with Crippen molar-refractivity contribution in [2.45, 2.75) is 6.54 Å². The van der Waals surface area contributed by atoms with Crippen LogP contribution in [0.3, 0.4) is 0 Å². The van der Waals surface area contributed by atoms with Gasteiger partial charge < -0.3 is 15.4 Å². The molecule has 0 radical (unpaired) electrons. The first-order valence-corrected chi connectivity index (χ1v) is 6.34. The van der Waals surface area contributed by atoms with E-state index in [1.807, 2.05) is 24.3 Å². The second-order valence-electron chi connectivity index (χ2n) is 4.54. The van der Waals surface area contributed by atoms with Crippen LogP contribution in [-0.2, 0) is 6.54 Å². The van der Waals surface area contributed by atoms with Gasteiger partial charge in [-0.1, -0.05) is 12.1 Å². The third-order valence-corrected chi connectivity index (χ3v) is 3.06. The monoisotopic (exact) mass is 285 g/mol. The maximum Gasteiger partial charge on any atom is 0.255 e. The third kappa shape index (κ3) is 2.69. The summed E-state index contributed by atoms with van der Waals surface area (Å²) < 4.78 is 13.1. The molecular weight excluding hydrogens is 273 g/mol. The molecule has 1 aromatic heterocycles. The van der Waals surface area contributed by atoms with Gasteiger partial charge in [0.2, 0.25) is 0 Å². The number of carbonyl (C=O) groups is 1. The molecule has 106 valence electrons. The fourth-order valence-electron chi connectivity index (χ4n) is 2.04. The Morgan fingerprint density at radius 1 is 1.29 bits per heavy atom. The number of imidazole rings is 1. The normalized spacial score (nSPS) is 10.7. The fourth-order valence-corrected chi connectivity index (χ4v) is 2.04. The highest BCUT2D eigenvalue weighted by Crippen LogP contribution is 2.17. The number of para-hydroxylation sites is 2. The first-order valence-electron chi connectivity index (χ1n) is 6.34. The molecule has 0 aliphatic rings. The predicted octanol–water partition coefficient (Wildman–Crippen LogP) is 2.34. The summed E-state index contributed by atoms with van der Waals surface area (Å²) in [7, 11) is 0. The van der Waals surface area contributed by atoms with E-state index in [0.717, 1.165) is 29.2 Å². The summed E-state index contributed by atoms with van der Waals surface area (Å²) in [5.74, 6) is -0.826. The Balaban J connectivity index is 1.74. The number of rotatable bonds is 3. The van der Waals surface area contributed by atoms with Gasteiger partial charge in [-0.15, -0.1) is 0 Å². The molecule has 1 amide bonds. The van der Waals surface area contributed by atoms with Gasteiger partial charge >= 0.3 is 0 Å². The lowest BCUT2D eigenvalue weighted by Crippen LogP contribution is -2.23. The molecule has 21 heavy (non-hydrogen) atoms. The summed E-state index contributed by atoms with van der Waals surface area (Å²) >= 11 is 0. The van der Waals surface area contributed by atoms with Crippen molar-refractivity contribution < 1.29 is 14.3 Å². The lowest BCUT2D eigenvalue weighted by atomic mass is 10.2. The molecule has 0 bridgehead atoms. The molecule has 0 aliphatic heterocycles. The zero-order valence-corrected chi connectivity index (χ0v) is 10.9. The molecule has 3 N–H and O–H groups in total. The van der Waals surface area contributed by atoms with Crippen molar-refractivity contribution in [2.24, 2.45) is 0 Å². The number of hydrogen-bond acceptors (Lipinski definition) is 3. The lowest BCUT2D eigenvalue weighted by Gasteiger charge is -2.05. The van der Waals surface area contributed by atoms with Gasteiger partial charge in [-0.2, -0.15) is 0 Å². The Morgan fingerprint density at radius 3 is 2.90 bits per heavy atom. The van der Waals surface area contributed by atoms with E-state index in [2.05, 4.69) is 15.3 Å². The van der Waals surface area contributed by atoms with Crippen LogP contribution < -0.4 is 5.32 Å². The Labute approximate surface area is 119 Å². The van der Waals surface area contributed by atoms with Crippen LogP contribution in [0.2, 0.25) is 0 Å². The average Bonchev–Trinajstić information content (AvgIpc) is 2.90. The van der Waals surface area contributed by atoms with E-state index in [-0.39, 0.29) is 17.9 Å². The van der Waals surface area contributed by atoms with Crippen molar-refractivity contribution >= 4 is 16.9 Å². The minimum absolute atomic E-state index is 0.105. The predicted molar refractivity (Wildman–Crippen MR) is 75.3 cm³/mol. The van der Waals surface area contributed by atoms with E-state index < -0.39 is 11.7 Å². The number of phenolic OH excluding ortho intramolecular Hbond substituents is 1. The molecule has 0 aliphatic carbocycles. The zero-order valence-electron chi connectivity index (χ0n) is 10.9. The lowest BCUT2D eigenvalue weighted by molar-refractivity contribution is 0.0947. The number of H-pyrrole nitrogens is 1. The van der Waals surface area contributed by atoms with Crippen LogP contribution in [0.1, 0.15) is 16.2 Å². The summed E-state index contributed by atoms with van der Waals surface area (Å²) in [5.41, 5.74) is 1.57. The number of nitrogens with zero attached hydrogens (tertiary/aromatic N) is 1. The summed E-state index contributed by atoms with van der Waals surface area (Å²) in [6.07, 6.45) is 0. The van der Waals surface area contributed by atoms with Crippen molar-refractivity contribution in [1.82, 2.24) is 15.3 Å². The minimum atomic E-state index is -0.582. The number of aromatic hydroxyl groups is 1. The number of aromatic amines is 1. The Bertz CT molecular complexity index is 781. The Hall–Kier alpha value is -2.89. The molecule has 3 rings (SSSR count). The molecule has 2 aromatic carbocycles. The Morgan fingerprint density at radius 2 is 2.10 bits per heavy atom. The van der Waals surface area contributed by atoms with Gasteiger partial charge in [0, 0.05) is 0 Å². The number of benzene rings is 2. The van der Waals surface area contributed by atoms with Crippen molar-refractivity contribution in [2.75, 3.05) is 0 Å². The zero-order chi connectivity index (χ0) is 14.8.